The zero-order valence-electron chi connectivity index (χ0n) is 9.38. The summed E-state index contributed by atoms with van der Waals surface area (Å²) in [5.74, 6) is 2.54. The molecular weight excluding hydrogens is 188 g/mol. The number of carbonyl (C=O) groups is 1. The van der Waals surface area contributed by atoms with Gasteiger partial charge in [-0.05, 0) is 19.3 Å². The van der Waals surface area contributed by atoms with Crippen LogP contribution >= 0.6 is 0 Å². The van der Waals surface area contributed by atoms with Gasteiger partial charge in [0, 0.05) is 12.0 Å². The minimum absolute atomic E-state index is 0.01000. The second kappa shape index (κ2) is 5.18. The van der Waals surface area contributed by atoms with Crippen molar-refractivity contribution in [2.24, 2.45) is 5.73 Å². The minimum Gasteiger partial charge on any atom is -0.342 e. The van der Waals surface area contributed by atoms with Gasteiger partial charge >= 0.3 is 0 Å². The average molecular weight is 208 g/mol. The van der Waals surface area contributed by atoms with Gasteiger partial charge in [0.1, 0.15) is 0 Å². The highest BCUT2D eigenvalue weighted by atomic mass is 16.1. The van der Waals surface area contributed by atoms with Crippen molar-refractivity contribution < 1.29 is 4.79 Å². The fourth-order valence-electron chi connectivity index (χ4n) is 2.08. The first-order valence-corrected chi connectivity index (χ1v) is 5.64. The van der Waals surface area contributed by atoms with E-state index in [0.29, 0.717) is 6.42 Å². The molecule has 84 valence electrons. The molecule has 0 spiro atoms. The summed E-state index contributed by atoms with van der Waals surface area (Å²) in [5.41, 5.74) is 5.83. The first-order chi connectivity index (χ1) is 7.09. The summed E-state index contributed by atoms with van der Waals surface area (Å²) in [4.78, 5) is 11.6. The molecule has 0 aromatic carbocycles. The smallest absolute Gasteiger partial charge is 0.222 e. The van der Waals surface area contributed by atoms with Crippen molar-refractivity contribution in [2.45, 2.75) is 57.0 Å². The molecule has 1 unspecified atom stereocenters. The van der Waals surface area contributed by atoms with E-state index in [0.717, 1.165) is 32.1 Å². The molecule has 1 amide bonds. The van der Waals surface area contributed by atoms with E-state index >= 15 is 0 Å². The monoisotopic (exact) mass is 208 g/mol. The fraction of sp³-hybridized carbons (Fsp3) is 0.750. The second-order valence-corrected chi connectivity index (χ2v) is 4.44. The van der Waals surface area contributed by atoms with Crippen LogP contribution in [-0.2, 0) is 4.79 Å². The normalized spacial score (nSPS) is 20.6. The lowest BCUT2D eigenvalue weighted by Crippen LogP contribution is -2.44. The van der Waals surface area contributed by atoms with E-state index in [1.54, 1.807) is 0 Å². The van der Waals surface area contributed by atoms with E-state index in [1.165, 1.54) is 0 Å². The van der Waals surface area contributed by atoms with Crippen LogP contribution < -0.4 is 11.1 Å². The molecule has 0 aliphatic heterocycles. The Morgan fingerprint density at radius 1 is 1.60 bits per heavy atom. The molecule has 3 heteroatoms. The lowest BCUT2D eigenvalue weighted by Gasteiger charge is -2.23. The predicted molar refractivity (Wildman–Crippen MR) is 61.1 cm³/mol. The molecule has 1 saturated carbocycles. The van der Waals surface area contributed by atoms with Gasteiger partial charge in [-0.25, -0.2) is 0 Å². The number of amides is 1. The van der Waals surface area contributed by atoms with Gasteiger partial charge in [0.15, 0.2) is 0 Å². The quantitative estimate of drug-likeness (QED) is 0.681. The van der Waals surface area contributed by atoms with Gasteiger partial charge in [-0.3, -0.25) is 4.79 Å². The van der Waals surface area contributed by atoms with Crippen LogP contribution in [0.25, 0.3) is 0 Å². The third-order valence-electron chi connectivity index (χ3n) is 3.06. The van der Waals surface area contributed by atoms with Crippen molar-refractivity contribution in [3.8, 4) is 12.3 Å². The first-order valence-electron chi connectivity index (χ1n) is 5.64. The Balaban J connectivity index is 2.39. The first kappa shape index (κ1) is 12.1. The number of terminal acetylenes is 1. The summed E-state index contributed by atoms with van der Waals surface area (Å²) >= 11 is 0. The van der Waals surface area contributed by atoms with E-state index in [9.17, 15) is 4.79 Å². The Morgan fingerprint density at radius 3 is 2.67 bits per heavy atom. The van der Waals surface area contributed by atoms with Gasteiger partial charge in [-0.2, -0.15) is 0 Å². The Hall–Kier alpha value is -1.01. The SMILES string of the molecule is C#CC(CC)NC(=O)CC1(N)CCCC1. The van der Waals surface area contributed by atoms with Crippen LogP contribution in [0.1, 0.15) is 45.4 Å². The van der Waals surface area contributed by atoms with Gasteiger partial charge in [0.25, 0.3) is 0 Å². The molecule has 0 saturated heterocycles. The van der Waals surface area contributed by atoms with Crippen LogP contribution in [-0.4, -0.2) is 17.5 Å². The van der Waals surface area contributed by atoms with E-state index in [1.807, 2.05) is 6.92 Å². The maximum atomic E-state index is 11.6. The summed E-state index contributed by atoms with van der Waals surface area (Å²) < 4.78 is 0. The van der Waals surface area contributed by atoms with Crippen molar-refractivity contribution in [1.82, 2.24) is 5.32 Å². The molecular formula is C12H20N2O. The molecule has 15 heavy (non-hydrogen) atoms. The van der Waals surface area contributed by atoms with Crippen LogP contribution in [0.3, 0.4) is 0 Å². The summed E-state index contributed by atoms with van der Waals surface area (Å²) in [6, 6.07) is -0.150. The minimum atomic E-state index is -0.281. The van der Waals surface area contributed by atoms with Gasteiger partial charge in [0.05, 0.1) is 6.04 Å². The Morgan fingerprint density at radius 2 is 2.20 bits per heavy atom. The number of rotatable bonds is 4. The summed E-state index contributed by atoms with van der Waals surface area (Å²) in [7, 11) is 0. The largest absolute Gasteiger partial charge is 0.342 e. The molecule has 1 rings (SSSR count). The summed E-state index contributed by atoms with van der Waals surface area (Å²) in [6.45, 7) is 1.96. The summed E-state index contributed by atoms with van der Waals surface area (Å²) in [5, 5.41) is 2.81. The van der Waals surface area contributed by atoms with Crippen molar-refractivity contribution >= 4 is 5.91 Å². The molecule has 1 fully saturated rings. The maximum absolute atomic E-state index is 11.6. The fourth-order valence-corrected chi connectivity index (χ4v) is 2.08. The third kappa shape index (κ3) is 3.56. The maximum Gasteiger partial charge on any atom is 0.222 e. The average Bonchev–Trinajstić information content (AvgIpc) is 2.61. The highest BCUT2D eigenvalue weighted by Crippen LogP contribution is 2.29. The van der Waals surface area contributed by atoms with E-state index in [2.05, 4.69) is 11.2 Å². The number of hydrogen-bond acceptors (Lipinski definition) is 2. The second-order valence-electron chi connectivity index (χ2n) is 4.44. The Bertz CT molecular complexity index is 261. The number of carbonyl (C=O) groups excluding carboxylic acids is 1. The van der Waals surface area contributed by atoms with Crippen molar-refractivity contribution in [3.63, 3.8) is 0 Å². The molecule has 0 bridgehead atoms. The number of nitrogens with two attached hydrogens (primary N) is 1. The van der Waals surface area contributed by atoms with Crippen LogP contribution in [0.15, 0.2) is 0 Å². The van der Waals surface area contributed by atoms with Crippen LogP contribution in [0, 0.1) is 12.3 Å². The summed E-state index contributed by atoms with van der Waals surface area (Å²) in [6.07, 6.45) is 10.6. The van der Waals surface area contributed by atoms with Crippen molar-refractivity contribution in [1.29, 1.82) is 0 Å². The topological polar surface area (TPSA) is 55.1 Å². The van der Waals surface area contributed by atoms with E-state index < -0.39 is 0 Å². The number of nitrogens with one attached hydrogen (secondary N) is 1. The standard InChI is InChI=1S/C12H20N2O/c1-3-10(4-2)14-11(15)9-12(13)7-5-6-8-12/h1,10H,4-9,13H2,2H3,(H,14,15). The molecule has 0 heterocycles. The van der Waals surface area contributed by atoms with Crippen LogP contribution in [0.5, 0.6) is 0 Å². The lowest BCUT2D eigenvalue weighted by molar-refractivity contribution is -0.122. The van der Waals surface area contributed by atoms with Gasteiger partial charge in [0.2, 0.25) is 5.91 Å². The van der Waals surface area contributed by atoms with Gasteiger partial charge in [-0.1, -0.05) is 25.7 Å². The van der Waals surface area contributed by atoms with E-state index in [-0.39, 0.29) is 17.5 Å². The van der Waals surface area contributed by atoms with Gasteiger partial charge in [-0.15, -0.1) is 6.42 Å². The molecule has 0 radical (unpaired) electrons. The molecule has 1 aliphatic carbocycles. The molecule has 0 aromatic heterocycles. The number of hydrogen-bond donors (Lipinski definition) is 2. The highest BCUT2D eigenvalue weighted by Gasteiger charge is 2.31. The zero-order chi connectivity index (χ0) is 11.3. The highest BCUT2D eigenvalue weighted by molar-refractivity contribution is 5.78. The molecule has 3 N–H and O–H groups in total. The van der Waals surface area contributed by atoms with Gasteiger partial charge < -0.3 is 11.1 Å². The van der Waals surface area contributed by atoms with E-state index in [4.69, 9.17) is 12.2 Å². The predicted octanol–water partition coefficient (Wildman–Crippen LogP) is 1.18. The Labute approximate surface area is 91.8 Å². The third-order valence-corrected chi connectivity index (χ3v) is 3.06. The zero-order valence-corrected chi connectivity index (χ0v) is 9.38. The lowest BCUT2D eigenvalue weighted by atomic mass is 9.94. The molecule has 0 aromatic rings. The molecule has 1 aliphatic rings. The molecule has 3 nitrogen and oxygen atoms in total. The van der Waals surface area contributed by atoms with Crippen LogP contribution in [0.2, 0.25) is 0 Å². The van der Waals surface area contributed by atoms with Crippen LogP contribution in [0.4, 0.5) is 0 Å². The van der Waals surface area contributed by atoms with Crippen molar-refractivity contribution in [3.05, 3.63) is 0 Å². The Kier molecular flexibility index (Phi) is 4.16. The van der Waals surface area contributed by atoms with Crippen molar-refractivity contribution in [2.75, 3.05) is 0 Å². The molecule has 1 atom stereocenters.